The topological polar surface area (TPSA) is 21.3 Å². The lowest BCUT2D eigenvalue weighted by molar-refractivity contribution is 0.168. The van der Waals surface area contributed by atoms with Crippen molar-refractivity contribution in [2.75, 3.05) is 13.7 Å². The van der Waals surface area contributed by atoms with Crippen molar-refractivity contribution in [3.8, 4) is 0 Å². The average Bonchev–Trinajstić information content (AvgIpc) is 2.18. The van der Waals surface area contributed by atoms with Crippen LogP contribution in [0.2, 0.25) is 5.02 Å². The van der Waals surface area contributed by atoms with E-state index < -0.39 is 0 Å². The molecule has 0 aliphatic rings. The fraction of sp³-hybridized carbons (Fsp3) is 0.500. The summed E-state index contributed by atoms with van der Waals surface area (Å²) in [6.45, 7) is 4.90. The first-order valence-corrected chi connectivity index (χ1v) is 5.52. The Kier molecular flexibility index (Phi) is 5.09. The van der Waals surface area contributed by atoms with Gasteiger partial charge in [-0.1, -0.05) is 29.8 Å². The molecule has 0 aliphatic heterocycles. The van der Waals surface area contributed by atoms with Crippen molar-refractivity contribution in [2.24, 2.45) is 0 Å². The number of ether oxygens (including phenoxy) is 1. The fourth-order valence-electron chi connectivity index (χ4n) is 1.64. The van der Waals surface area contributed by atoms with E-state index in [0.717, 1.165) is 10.6 Å². The Hall–Kier alpha value is -0.570. The second-order valence-corrected chi connectivity index (χ2v) is 4.17. The maximum Gasteiger partial charge on any atom is 0.0613 e. The monoisotopic (exact) mass is 227 g/mol. The highest BCUT2D eigenvalue weighted by molar-refractivity contribution is 6.31. The number of nitrogens with one attached hydrogen (secondary N) is 1. The molecule has 84 valence electrons. The Labute approximate surface area is 96.6 Å². The highest BCUT2D eigenvalue weighted by Gasteiger charge is 2.11. The van der Waals surface area contributed by atoms with Gasteiger partial charge in [0.25, 0.3) is 0 Å². The fourth-order valence-corrected chi connectivity index (χ4v) is 1.94. The van der Waals surface area contributed by atoms with E-state index in [4.69, 9.17) is 16.3 Å². The van der Waals surface area contributed by atoms with E-state index in [9.17, 15) is 0 Å². The van der Waals surface area contributed by atoms with Crippen molar-refractivity contribution in [3.05, 3.63) is 34.9 Å². The standard InChI is InChI=1S/C12H18ClNO/c1-9(8-15-3)14-10(2)11-6-4-5-7-12(11)13/h4-7,9-10,14H,8H2,1-3H3. The smallest absolute Gasteiger partial charge is 0.0613 e. The minimum absolute atomic E-state index is 0.240. The van der Waals surface area contributed by atoms with Gasteiger partial charge in [0.05, 0.1) is 6.61 Å². The van der Waals surface area contributed by atoms with E-state index in [0.29, 0.717) is 12.6 Å². The quantitative estimate of drug-likeness (QED) is 0.835. The number of hydrogen-bond acceptors (Lipinski definition) is 2. The van der Waals surface area contributed by atoms with Crippen molar-refractivity contribution in [2.45, 2.75) is 25.9 Å². The average molecular weight is 228 g/mol. The number of benzene rings is 1. The second-order valence-electron chi connectivity index (χ2n) is 3.77. The van der Waals surface area contributed by atoms with E-state index in [1.807, 2.05) is 24.3 Å². The lowest BCUT2D eigenvalue weighted by Crippen LogP contribution is -2.32. The number of methoxy groups -OCH3 is 1. The first kappa shape index (κ1) is 12.5. The molecule has 0 heterocycles. The van der Waals surface area contributed by atoms with Crippen LogP contribution >= 0.6 is 11.6 Å². The normalized spacial score (nSPS) is 14.9. The van der Waals surface area contributed by atoms with Gasteiger partial charge in [-0.2, -0.15) is 0 Å². The van der Waals surface area contributed by atoms with Crippen molar-refractivity contribution < 1.29 is 4.74 Å². The molecule has 2 unspecified atom stereocenters. The van der Waals surface area contributed by atoms with Crippen LogP contribution in [0.4, 0.5) is 0 Å². The van der Waals surface area contributed by atoms with Gasteiger partial charge in [-0.15, -0.1) is 0 Å². The number of halogens is 1. The van der Waals surface area contributed by atoms with Crippen LogP contribution in [0.15, 0.2) is 24.3 Å². The SMILES string of the molecule is COCC(C)NC(C)c1ccccc1Cl. The zero-order valence-electron chi connectivity index (χ0n) is 9.46. The third kappa shape index (κ3) is 3.82. The molecule has 0 fully saturated rings. The molecular weight excluding hydrogens is 210 g/mol. The van der Waals surface area contributed by atoms with Gasteiger partial charge in [0.2, 0.25) is 0 Å². The molecule has 1 aromatic rings. The molecule has 0 aliphatic carbocycles. The minimum atomic E-state index is 0.240. The highest BCUT2D eigenvalue weighted by atomic mass is 35.5. The van der Waals surface area contributed by atoms with Crippen LogP contribution in [-0.2, 0) is 4.74 Å². The summed E-state index contributed by atoms with van der Waals surface area (Å²) in [5.41, 5.74) is 1.13. The minimum Gasteiger partial charge on any atom is -0.383 e. The van der Waals surface area contributed by atoms with Crippen LogP contribution in [0.1, 0.15) is 25.5 Å². The van der Waals surface area contributed by atoms with Crippen LogP contribution in [0.25, 0.3) is 0 Å². The van der Waals surface area contributed by atoms with Gasteiger partial charge in [-0.05, 0) is 25.5 Å². The zero-order valence-corrected chi connectivity index (χ0v) is 10.2. The molecule has 0 amide bonds. The van der Waals surface area contributed by atoms with Crippen LogP contribution in [0.5, 0.6) is 0 Å². The highest BCUT2D eigenvalue weighted by Crippen LogP contribution is 2.22. The molecule has 0 saturated heterocycles. The lowest BCUT2D eigenvalue weighted by Gasteiger charge is -2.20. The molecule has 1 rings (SSSR count). The second kappa shape index (κ2) is 6.11. The molecule has 0 spiro atoms. The van der Waals surface area contributed by atoms with Crippen LogP contribution in [0, 0.1) is 0 Å². The Bertz CT molecular complexity index is 303. The third-order valence-electron chi connectivity index (χ3n) is 2.32. The number of rotatable bonds is 5. The summed E-state index contributed by atoms with van der Waals surface area (Å²) in [5, 5.41) is 4.24. The Morgan fingerprint density at radius 3 is 2.60 bits per heavy atom. The van der Waals surface area contributed by atoms with Crippen molar-refractivity contribution in [1.29, 1.82) is 0 Å². The summed E-state index contributed by atoms with van der Waals surface area (Å²) < 4.78 is 5.08. The molecule has 1 aromatic carbocycles. The molecule has 1 N–H and O–H groups in total. The molecule has 2 atom stereocenters. The molecule has 2 nitrogen and oxygen atoms in total. The van der Waals surface area contributed by atoms with Gasteiger partial charge in [0, 0.05) is 24.2 Å². The summed E-state index contributed by atoms with van der Waals surface area (Å²) in [4.78, 5) is 0. The molecule has 0 bridgehead atoms. The van der Waals surface area contributed by atoms with Crippen LogP contribution in [-0.4, -0.2) is 19.8 Å². The predicted molar refractivity (Wildman–Crippen MR) is 64.3 cm³/mol. The molecular formula is C12H18ClNO. The third-order valence-corrected chi connectivity index (χ3v) is 2.67. The zero-order chi connectivity index (χ0) is 11.3. The van der Waals surface area contributed by atoms with Gasteiger partial charge in [-0.3, -0.25) is 0 Å². The van der Waals surface area contributed by atoms with E-state index in [2.05, 4.69) is 19.2 Å². The lowest BCUT2D eigenvalue weighted by atomic mass is 10.1. The predicted octanol–water partition coefficient (Wildman–Crippen LogP) is 3.03. The summed E-state index contributed by atoms with van der Waals surface area (Å²) >= 11 is 6.11. The molecule has 0 radical (unpaired) electrons. The Morgan fingerprint density at radius 2 is 2.00 bits per heavy atom. The van der Waals surface area contributed by atoms with Gasteiger partial charge in [0.15, 0.2) is 0 Å². The molecule has 0 aromatic heterocycles. The van der Waals surface area contributed by atoms with Gasteiger partial charge in [0.1, 0.15) is 0 Å². The number of hydrogen-bond donors (Lipinski definition) is 1. The molecule has 0 saturated carbocycles. The first-order valence-electron chi connectivity index (χ1n) is 5.14. The Morgan fingerprint density at radius 1 is 1.33 bits per heavy atom. The first-order chi connectivity index (χ1) is 7.15. The van der Waals surface area contributed by atoms with Gasteiger partial charge in [-0.25, -0.2) is 0 Å². The summed E-state index contributed by atoms with van der Waals surface area (Å²) in [7, 11) is 1.71. The van der Waals surface area contributed by atoms with E-state index in [1.54, 1.807) is 7.11 Å². The van der Waals surface area contributed by atoms with Gasteiger partial charge >= 0.3 is 0 Å². The van der Waals surface area contributed by atoms with E-state index in [1.165, 1.54) is 0 Å². The Balaban J connectivity index is 2.61. The summed E-state index contributed by atoms with van der Waals surface area (Å²) in [6.07, 6.45) is 0. The van der Waals surface area contributed by atoms with Crippen LogP contribution < -0.4 is 5.32 Å². The molecule has 3 heteroatoms. The van der Waals surface area contributed by atoms with Gasteiger partial charge < -0.3 is 10.1 Å². The summed E-state index contributed by atoms with van der Waals surface area (Å²) in [6, 6.07) is 8.46. The van der Waals surface area contributed by atoms with Crippen LogP contribution in [0.3, 0.4) is 0 Å². The van der Waals surface area contributed by atoms with Crippen molar-refractivity contribution >= 4 is 11.6 Å². The van der Waals surface area contributed by atoms with E-state index >= 15 is 0 Å². The molecule has 15 heavy (non-hydrogen) atoms. The maximum atomic E-state index is 6.11. The largest absolute Gasteiger partial charge is 0.383 e. The van der Waals surface area contributed by atoms with E-state index in [-0.39, 0.29) is 6.04 Å². The maximum absolute atomic E-state index is 6.11. The van der Waals surface area contributed by atoms with Crippen molar-refractivity contribution in [3.63, 3.8) is 0 Å². The summed E-state index contributed by atoms with van der Waals surface area (Å²) in [5.74, 6) is 0. The van der Waals surface area contributed by atoms with Crippen molar-refractivity contribution in [1.82, 2.24) is 5.32 Å².